The van der Waals surface area contributed by atoms with Gasteiger partial charge in [-0.25, -0.2) is 9.97 Å². The quantitative estimate of drug-likeness (QED) is 0.898. The van der Waals surface area contributed by atoms with Crippen LogP contribution in [0.25, 0.3) is 0 Å². The van der Waals surface area contributed by atoms with Crippen LogP contribution in [0.2, 0.25) is 0 Å². The number of aryl methyl sites for hydroxylation is 1. The first-order chi connectivity index (χ1) is 8.31. The Labute approximate surface area is 104 Å². The van der Waals surface area contributed by atoms with E-state index in [-0.39, 0.29) is 0 Å². The minimum absolute atomic E-state index is 0.607. The Hall–Kier alpha value is -1.93. The second-order valence-corrected chi connectivity index (χ2v) is 4.67. The Bertz CT molecular complexity index is 541. The maximum absolute atomic E-state index is 8.77. The van der Waals surface area contributed by atoms with Crippen molar-refractivity contribution in [2.45, 2.75) is 19.9 Å². The van der Waals surface area contributed by atoms with Crippen molar-refractivity contribution in [3.63, 3.8) is 0 Å². The van der Waals surface area contributed by atoms with Gasteiger partial charge in [0.25, 0.3) is 0 Å². The molecule has 0 bridgehead atoms. The highest BCUT2D eigenvalue weighted by Crippen LogP contribution is 2.15. The molecule has 0 saturated carbocycles. The van der Waals surface area contributed by atoms with Crippen LogP contribution >= 0.6 is 11.3 Å². The van der Waals surface area contributed by atoms with Crippen LogP contribution in [0.1, 0.15) is 22.4 Å². The molecule has 0 aliphatic heterocycles. The van der Waals surface area contributed by atoms with Crippen molar-refractivity contribution in [3.05, 3.63) is 40.0 Å². The van der Waals surface area contributed by atoms with Crippen molar-refractivity contribution in [2.75, 3.05) is 5.32 Å². The van der Waals surface area contributed by atoms with Gasteiger partial charge in [0.05, 0.1) is 18.2 Å². The van der Waals surface area contributed by atoms with Gasteiger partial charge in [0.1, 0.15) is 10.8 Å². The highest BCUT2D eigenvalue weighted by atomic mass is 32.1. The van der Waals surface area contributed by atoms with Crippen LogP contribution in [-0.2, 0) is 13.0 Å². The lowest BCUT2D eigenvalue weighted by Gasteiger charge is -2.02. The Balaban J connectivity index is 1.99. The molecule has 0 atom stereocenters. The van der Waals surface area contributed by atoms with Gasteiger partial charge < -0.3 is 5.32 Å². The molecule has 0 aromatic carbocycles. The molecule has 0 unspecified atom stereocenters. The monoisotopic (exact) mass is 244 g/mol. The number of thiazole rings is 1. The highest BCUT2D eigenvalue weighted by Gasteiger charge is 2.01. The third-order valence-electron chi connectivity index (χ3n) is 2.26. The van der Waals surface area contributed by atoms with E-state index in [0.717, 1.165) is 11.4 Å². The predicted molar refractivity (Wildman–Crippen MR) is 67.8 cm³/mol. The first kappa shape index (κ1) is 11.6. The number of nitriles is 1. The fourth-order valence-electron chi connectivity index (χ4n) is 1.36. The van der Waals surface area contributed by atoms with Crippen molar-refractivity contribution in [2.24, 2.45) is 0 Å². The summed E-state index contributed by atoms with van der Waals surface area (Å²) < 4.78 is 0. The standard InChI is InChI=1S/C12H12N4S/c1-2-10-7-16-12(17-10)8-15-11-5-9(6-13)3-4-14-11/h3-5,7H,2,8H2,1H3,(H,14,15). The summed E-state index contributed by atoms with van der Waals surface area (Å²) in [7, 11) is 0. The fourth-order valence-corrected chi connectivity index (χ4v) is 2.16. The second-order valence-electron chi connectivity index (χ2n) is 3.47. The van der Waals surface area contributed by atoms with Gasteiger partial charge in [0.15, 0.2) is 0 Å². The molecule has 0 aliphatic carbocycles. The van der Waals surface area contributed by atoms with E-state index in [1.165, 1.54) is 4.88 Å². The van der Waals surface area contributed by atoms with Crippen molar-refractivity contribution in [3.8, 4) is 6.07 Å². The zero-order valence-corrected chi connectivity index (χ0v) is 10.3. The van der Waals surface area contributed by atoms with Gasteiger partial charge in [-0.1, -0.05) is 6.92 Å². The number of hydrogen-bond donors (Lipinski definition) is 1. The van der Waals surface area contributed by atoms with Crippen molar-refractivity contribution in [1.29, 1.82) is 5.26 Å². The number of anilines is 1. The van der Waals surface area contributed by atoms with Crippen molar-refractivity contribution in [1.82, 2.24) is 9.97 Å². The summed E-state index contributed by atoms with van der Waals surface area (Å²) in [6.07, 6.45) is 4.54. The number of pyridine rings is 1. The molecule has 2 rings (SSSR count). The average molecular weight is 244 g/mol. The molecule has 1 N–H and O–H groups in total. The van der Waals surface area contributed by atoms with Gasteiger partial charge in [-0.15, -0.1) is 11.3 Å². The number of nitrogens with one attached hydrogen (secondary N) is 1. The summed E-state index contributed by atoms with van der Waals surface area (Å²) >= 11 is 1.70. The molecule has 0 saturated heterocycles. The molecular formula is C12H12N4S. The SMILES string of the molecule is CCc1cnc(CNc2cc(C#N)ccn2)s1. The van der Waals surface area contributed by atoms with E-state index in [4.69, 9.17) is 5.26 Å². The third kappa shape index (κ3) is 3.02. The Morgan fingerprint density at radius 1 is 1.47 bits per heavy atom. The first-order valence-electron chi connectivity index (χ1n) is 5.35. The highest BCUT2D eigenvalue weighted by molar-refractivity contribution is 7.11. The van der Waals surface area contributed by atoms with E-state index in [2.05, 4.69) is 28.3 Å². The van der Waals surface area contributed by atoms with Crippen LogP contribution in [0.4, 0.5) is 5.82 Å². The topological polar surface area (TPSA) is 61.6 Å². The van der Waals surface area contributed by atoms with E-state index in [0.29, 0.717) is 17.9 Å². The fraction of sp³-hybridized carbons (Fsp3) is 0.250. The van der Waals surface area contributed by atoms with E-state index >= 15 is 0 Å². The molecule has 4 nitrogen and oxygen atoms in total. The summed E-state index contributed by atoms with van der Waals surface area (Å²) in [6, 6.07) is 5.50. The summed E-state index contributed by atoms with van der Waals surface area (Å²) in [6.45, 7) is 2.76. The number of aromatic nitrogens is 2. The molecule has 17 heavy (non-hydrogen) atoms. The summed E-state index contributed by atoms with van der Waals surface area (Å²) in [4.78, 5) is 9.73. The van der Waals surface area contributed by atoms with Crippen LogP contribution in [0.3, 0.4) is 0 Å². The van der Waals surface area contributed by atoms with E-state index in [1.807, 2.05) is 6.20 Å². The van der Waals surface area contributed by atoms with Gasteiger partial charge in [0.2, 0.25) is 0 Å². The Morgan fingerprint density at radius 3 is 3.06 bits per heavy atom. The zero-order chi connectivity index (χ0) is 12.1. The van der Waals surface area contributed by atoms with E-state index in [1.54, 1.807) is 29.7 Å². The molecule has 0 amide bonds. The van der Waals surface area contributed by atoms with Crippen LogP contribution in [-0.4, -0.2) is 9.97 Å². The average Bonchev–Trinajstić information content (AvgIpc) is 2.84. The molecule has 0 radical (unpaired) electrons. The number of rotatable bonds is 4. The van der Waals surface area contributed by atoms with Gasteiger partial charge >= 0.3 is 0 Å². The van der Waals surface area contributed by atoms with Gasteiger partial charge in [-0.3, -0.25) is 0 Å². The molecule has 0 aliphatic rings. The van der Waals surface area contributed by atoms with Crippen molar-refractivity contribution < 1.29 is 0 Å². The molecule has 0 fully saturated rings. The number of hydrogen-bond acceptors (Lipinski definition) is 5. The Morgan fingerprint density at radius 2 is 2.35 bits per heavy atom. The largest absolute Gasteiger partial charge is 0.364 e. The maximum Gasteiger partial charge on any atom is 0.127 e. The van der Waals surface area contributed by atoms with Crippen LogP contribution in [0, 0.1) is 11.3 Å². The smallest absolute Gasteiger partial charge is 0.127 e. The van der Waals surface area contributed by atoms with Gasteiger partial charge in [-0.05, 0) is 18.6 Å². The Kier molecular flexibility index (Phi) is 3.68. The van der Waals surface area contributed by atoms with Crippen LogP contribution in [0.5, 0.6) is 0 Å². The predicted octanol–water partition coefficient (Wildman–Crippen LogP) is 2.58. The van der Waals surface area contributed by atoms with E-state index in [9.17, 15) is 0 Å². The molecule has 2 aromatic heterocycles. The van der Waals surface area contributed by atoms with Gasteiger partial charge in [0, 0.05) is 17.3 Å². The molecule has 2 aromatic rings. The molecule has 5 heteroatoms. The summed E-state index contributed by atoms with van der Waals surface area (Å²) in [5.41, 5.74) is 0.607. The maximum atomic E-state index is 8.77. The van der Waals surface area contributed by atoms with E-state index < -0.39 is 0 Å². The zero-order valence-electron chi connectivity index (χ0n) is 9.47. The molecule has 0 spiro atoms. The molecule has 86 valence electrons. The molecular weight excluding hydrogens is 232 g/mol. The number of nitrogens with zero attached hydrogens (tertiary/aromatic N) is 3. The lowest BCUT2D eigenvalue weighted by molar-refractivity contribution is 1.07. The molecule has 2 heterocycles. The third-order valence-corrected chi connectivity index (χ3v) is 3.40. The van der Waals surface area contributed by atoms with Crippen molar-refractivity contribution >= 4 is 17.2 Å². The van der Waals surface area contributed by atoms with Crippen LogP contribution < -0.4 is 5.32 Å². The normalized spacial score (nSPS) is 9.88. The lowest BCUT2D eigenvalue weighted by atomic mass is 10.3. The first-order valence-corrected chi connectivity index (χ1v) is 6.17. The second kappa shape index (κ2) is 5.41. The minimum Gasteiger partial charge on any atom is -0.364 e. The lowest BCUT2D eigenvalue weighted by Crippen LogP contribution is -2.00. The summed E-state index contributed by atoms with van der Waals surface area (Å²) in [5.74, 6) is 0.706. The summed E-state index contributed by atoms with van der Waals surface area (Å²) in [5, 5.41) is 13.0. The van der Waals surface area contributed by atoms with Crippen LogP contribution in [0.15, 0.2) is 24.5 Å². The minimum atomic E-state index is 0.607. The van der Waals surface area contributed by atoms with Gasteiger partial charge in [-0.2, -0.15) is 5.26 Å².